The average Bonchev–Trinajstić information content (AvgIpc) is 3.67. The minimum Gasteiger partial charge on any atom is -0.440 e. The second kappa shape index (κ2) is 11.3. The first-order chi connectivity index (χ1) is 18.6. The van der Waals surface area contributed by atoms with Gasteiger partial charge in [0.05, 0.1) is 13.1 Å². The van der Waals surface area contributed by atoms with E-state index in [1.165, 1.54) is 23.9 Å². The third-order valence-corrected chi connectivity index (χ3v) is 8.00. The van der Waals surface area contributed by atoms with Crippen LogP contribution in [0.4, 0.5) is 4.79 Å². The summed E-state index contributed by atoms with van der Waals surface area (Å²) in [5.41, 5.74) is 6.91. The molecule has 40 heavy (non-hydrogen) atoms. The number of azide groups is 1. The van der Waals surface area contributed by atoms with Crippen molar-refractivity contribution in [3.8, 4) is 0 Å². The highest BCUT2D eigenvalue weighted by Gasteiger charge is 2.66. The molecule has 0 unspecified atom stereocenters. The maximum Gasteiger partial charge on any atom is 0.410 e. The quantitative estimate of drug-likeness (QED) is 0.199. The van der Waals surface area contributed by atoms with Gasteiger partial charge in [0.2, 0.25) is 17.7 Å². The topological polar surface area (TPSA) is 194 Å². The fraction of sp³-hybridized carbons (Fsp3) is 0.615. The van der Waals surface area contributed by atoms with Gasteiger partial charge in [-0.2, -0.15) is 0 Å². The molecule has 0 aromatic rings. The molecular formula is C26H36N7O7. The molecule has 14 nitrogen and oxygen atoms in total. The molecule has 3 atom stereocenters. The molecule has 0 bridgehead atoms. The van der Waals surface area contributed by atoms with Crippen molar-refractivity contribution in [2.24, 2.45) is 15.9 Å². The number of fused-ring (bicyclic) bond motifs is 1. The third-order valence-electron chi connectivity index (χ3n) is 8.00. The van der Waals surface area contributed by atoms with E-state index in [0.29, 0.717) is 24.0 Å². The van der Waals surface area contributed by atoms with E-state index in [1.807, 2.05) is 6.92 Å². The van der Waals surface area contributed by atoms with Crippen LogP contribution in [0.1, 0.15) is 33.6 Å². The highest BCUT2D eigenvalue weighted by Crippen LogP contribution is 2.65. The number of ether oxygens (including phenoxy) is 1. The number of likely N-dealkylation sites (N-methyl/N-ethyl adjacent to an activating group) is 2. The Bertz CT molecular complexity index is 1230. The molecule has 1 radical (unpaired) electrons. The van der Waals surface area contributed by atoms with Gasteiger partial charge in [-0.15, -0.1) is 0 Å². The summed E-state index contributed by atoms with van der Waals surface area (Å²) in [6.07, 6.45) is 1.56. The van der Waals surface area contributed by atoms with Crippen LogP contribution in [-0.2, 0) is 23.9 Å². The molecule has 1 spiro atoms. The highest BCUT2D eigenvalue weighted by molar-refractivity contribution is 6.09. The van der Waals surface area contributed by atoms with Gasteiger partial charge in [0.1, 0.15) is 18.2 Å². The van der Waals surface area contributed by atoms with Crippen LogP contribution in [0.25, 0.3) is 10.4 Å². The smallest absolute Gasteiger partial charge is 0.410 e. The van der Waals surface area contributed by atoms with E-state index in [2.05, 4.69) is 27.6 Å². The van der Waals surface area contributed by atoms with Crippen LogP contribution in [0.5, 0.6) is 0 Å². The summed E-state index contributed by atoms with van der Waals surface area (Å²) >= 11 is 0. The number of nitrogens with zero attached hydrogens (tertiary/aromatic N) is 5. The Morgan fingerprint density at radius 2 is 1.75 bits per heavy atom. The van der Waals surface area contributed by atoms with Crippen molar-refractivity contribution >= 4 is 29.6 Å². The number of carbonyl (C=O) groups excluding carboxylic acids is 5. The van der Waals surface area contributed by atoms with Crippen LogP contribution >= 0.6 is 0 Å². The molecule has 0 aromatic heterocycles. The van der Waals surface area contributed by atoms with Gasteiger partial charge in [-0.1, -0.05) is 23.7 Å². The Hall–Kier alpha value is -3.90. The van der Waals surface area contributed by atoms with Crippen LogP contribution in [0.15, 0.2) is 27.9 Å². The molecule has 14 heteroatoms. The molecule has 0 saturated heterocycles. The van der Waals surface area contributed by atoms with Crippen molar-refractivity contribution in [2.45, 2.75) is 45.3 Å². The van der Waals surface area contributed by atoms with Crippen molar-refractivity contribution in [1.29, 1.82) is 0 Å². The summed E-state index contributed by atoms with van der Waals surface area (Å²) in [5.74, 6) is -2.03. The van der Waals surface area contributed by atoms with Crippen molar-refractivity contribution in [1.82, 2.24) is 20.4 Å². The van der Waals surface area contributed by atoms with Crippen LogP contribution in [0.3, 0.4) is 0 Å². The van der Waals surface area contributed by atoms with Gasteiger partial charge in [0, 0.05) is 54.1 Å². The minimum absolute atomic E-state index is 0.126. The van der Waals surface area contributed by atoms with Gasteiger partial charge < -0.3 is 30.3 Å². The van der Waals surface area contributed by atoms with Crippen molar-refractivity contribution < 1.29 is 33.8 Å². The molecule has 0 aromatic carbocycles. The maximum absolute atomic E-state index is 13.2. The summed E-state index contributed by atoms with van der Waals surface area (Å²) in [6.45, 7) is 8.49. The van der Waals surface area contributed by atoms with E-state index >= 15 is 0 Å². The van der Waals surface area contributed by atoms with E-state index in [9.17, 15) is 29.1 Å². The minimum atomic E-state index is -1.52. The molecule has 3 rings (SSSR count). The first-order valence-electron chi connectivity index (χ1n) is 12.9. The van der Waals surface area contributed by atoms with E-state index in [0.717, 1.165) is 5.57 Å². The van der Waals surface area contributed by atoms with E-state index < -0.39 is 52.9 Å². The van der Waals surface area contributed by atoms with Gasteiger partial charge in [-0.25, -0.2) is 4.79 Å². The molecular weight excluding hydrogens is 522 g/mol. The first kappa shape index (κ1) is 30.6. The Morgan fingerprint density at radius 1 is 1.15 bits per heavy atom. The lowest BCUT2D eigenvalue weighted by molar-refractivity contribution is -0.138. The average molecular weight is 559 g/mol. The lowest BCUT2D eigenvalue weighted by Crippen LogP contribution is -2.50. The van der Waals surface area contributed by atoms with Crippen LogP contribution in [-0.4, -0.2) is 103 Å². The maximum atomic E-state index is 13.2. The SMILES string of the molecule is [CH2][C@]1(C)C=C2C(=O)[C@](C)(O)C3(CC3)C(C)=C2[C@H]1OC(=O)N(C)CCN(C)C(=O)CNC(=O)CNC(=O)CN=[N+]=[N-]. The molecule has 0 heterocycles. The van der Waals surface area contributed by atoms with Gasteiger partial charge in [0.25, 0.3) is 0 Å². The van der Waals surface area contributed by atoms with Crippen molar-refractivity contribution in [2.75, 3.05) is 46.8 Å². The van der Waals surface area contributed by atoms with Crippen LogP contribution in [0.2, 0.25) is 0 Å². The highest BCUT2D eigenvalue weighted by atomic mass is 16.6. The number of aliphatic hydroxyl groups is 1. The van der Waals surface area contributed by atoms with E-state index in [4.69, 9.17) is 10.3 Å². The van der Waals surface area contributed by atoms with E-state index in [1.54, 1.807) is 19.9 Å². The van der Waals surface area contributed by atoms with Crippen molar-refractivity contribution in [3.63, 3.8) is 0 Å². The standard InChI is InChI=1S/C26H36N7O7/c1-15-20-16(21(37)25(4,39)26(15)7-8-26)11-24(2,3)22(20)40-23(38)33(6)10-9-32(5)19(36)14-29-17(34)12-28-18(35)13-30-31-27/h11,22,39H,2,7-10,12-14H2,1,3-6H3,(H,28,35)(H,29,34)/t22-,24+,25+/m1/s1. The van der Waals surface area contributed by atoms with Crippen LogP contribution < -0.4 is 10.6 Å². The lowest BCUT2D eigenvalue weighted by atomic mass is 9.67. The number of Topliss-reactive ketones (excluding diaryl/α,β-unsaturated/α-hetero) is 1. The first-order valence-corrected chi connectivity index (χ1v) is 12.9. The summed E-state index contributed by atoms with van der Waals surface area (Å²) in [5, 5.41) is 18.7. The monoisotopic (exact) mass is 558 g/mol. The second-order valence-corrected chi connectivity index (χ2v) is 11.0. The summed E-state index contributed by atoms with van der Waals surface area (Å²) in [6, 6.07) is 0. The number of hydrogen-bond acceptors (Lipinski definition) is 8. The number of ketones is 1. The normalized spacial score (nSPS) is 23.4. The van der Waals surface area contributed by atoms with Gasteiger partial charge in [-0.05, 0) is 39.1 Å². The zero-order valence-electron chi connectivity index (χ0n) is 23.4. The van der Waals surface area contributed by atoms with Gasteiger partial charge in [0.15, 0.2) is 5.78 Å². The van der Waals surface area contributed by atoms with Gasteiger partial charge in [-0.3, -0.25) is 19.2 Å². The largest absolute Gasteiger partial charge is 0.440 e. The Morgan fingerprint density at radius 3 is 2.35 bits per heavy atom. The number of rotatable bonds is 10. The third kappa shape index (κ3) is 5.82. The zero-order valence-corrected chi connectivity index (χ0v) is 23.4. The lowest BCUT2D eigenvalue weighted by Gasteiger charge is -2.40. The number of carbonyl (C=O) groups is 5. The predicted molar refractivity (Wildman–Crippen MR) is 142 cm³/mol. The summed E-state index contributed by atoms with van der Waals surface area (Å²) in [7, 11) is 3.03. The number of nitrogens with one attached hydrogen (secondary N) is 2. The summed E-state index contributed by atoms with van der Waals surface area (Å²) < 4.78 is 5.87. The van der Waals surface area contributed by atoms with Crippen molar-refractivity contribution in [3.05, 3.63) is 40.2 Å². The van der Waals surface area contributed by atoms with E-state index in [-0.39, 0.29) is 32.0 Å². The predicted octanol–water partition coefficient (Wildman–Crippen LogP) is 0.635. The molecule has 0 aliphatic heterocycles. The molecule has 3 aliphatic carbocycles. The molecule has 3 aliphatic rings. The van der Waals surface area contributed by atoms with Crippen LogP contribution in [0, 0.1) is 17.8 Å². The summed E-state index contributed by atoms with van der Waals surface area (Å²) in [4.78, 5) is 66.8. The molecule has 4 amide bonds. The Labute approximate surface area is 232 Å². The molecule has 1 fully saturated rings. The number of amides is 4. The molecule has 217 valence electrons. The zero-order chi connectivity index (χ0) is 30.0. The number of hydrogen-bond donors (Lipinski definition) is 3. The van der Waals surface area contributed by atoms with Gasteiger partial charge >= 0.3 is 6.09 Å². The molecule has 1 saturated carbocycles. The fourth-order valence-electron chi connectivity index (χ4n) is 5.23. The fourth-order valence-corrected chi connectivity index (χ4v) is 5.23. The Balaban J connectivity index is 1.52. The molecule has 3 N–H and O–H groups in total. The second-order valence-electron chi connectivity index (χ2n) is 11.0. The Kier molecular flexibility index (Phi) is 8.66.